The molecule has 0 radical (unpaired) electrons. The Morgan fingerprint density at radius 1 is 1.33 bits per heavy atom. The molecule has 1 atom stereocenters. The minimum Gasteiger partial charge on any atom is -0.484 e. The zero-order chi connectivity index (χ0) is 13.5. The van der Waals surface area contributed by atoms with E-state index in [0.29, 0.717) is 5.75 Å². The largest absolute Gasteiger partial charge is 0.484 e. The zero-order valence-electron chi connectivity index (χ0n) is 10.2. The van der Waals surface area contributed by atoms with Crippen molar-refractivity contribution < 1.29 is 14.3 Å². The Hall–Kier alpha value is -2.08. The molecular weight excluding hydrogens is 234 g/mol. The Labute approximate surface area is 105 Å². The van der Waals surface area contributed by atoms with E-state index in [1.54, 1.807) is 12.1 Å². The van der Waals surface area contributed by atoms with Gasteiger partial charge in [0.05, 0.1) is 0 Å². The van der Waals surface area contributed by atoms with E-state index in [1.165, 1.54) is 0 Å². The maximum absolute atomic E-state index is 11.1. The first kappa shape index (κ1) is 14.0. The number of nitrogens with one attached hydrogen (secondary N) is 1. The molecule has 0 aromatic heterocycles. The highest BCUT2D eigenvalue weighted by molar-refractivity contribution is 5.94. The van der Waals surface area contributed by atoms with Crippen LogP contribution in [0.5, 0.6) is 5.75 Å². The van der Waals surface area contributed by atoms with Crippen molar-refractivity contribution in [3.8, 4) is 5.75 Å². The fourth-order valence-electron chi connectivity index (χ4n) is 1.37. The second kappa shape index (κ2) is 6.61. The zero-order valence-corrected chi connectivity index (χ0v) is 10.2. The van der Waals surface area contributed by atoms with E-state index in [4.69, 9.17) is 16.2 Å². The van der Waals surface area contributed by atoms with Gasteiger partial charge in [0.25, 0.3) is 5.91 Å². The van der Waals surface area contributed by atoms with Crippen molar-refractivity contribution in [2.45, 2.75) is 19.4 Å². The first-order chi connectivity index (χ1) is 8.52. The average Bonchev–Trinajstić information content (AvgIpc) is 2.35. The lowest BCUT2D eigenvalue weighted by Crippen LogP contribution is -2.38. The Kier molecular flexibility index (Phi) is 5.13. The summed E-state index contributed by atoms with van der Waals surface area (Å²) in [4.78, 5) is 21.5. The molecule has 1 unspecified atom stereocenters. The summed E-state index contributed by atoms with van der Waals surface area (Å²) in [5, 5.41) is 1.91. The number of nitrogens with two attached hydrogens (primary N) is 2. The third-order valence-electron chi connectivity index (χ3n) is 2.38. The lowest BCUT2D eigenvalue weighted by atomic mass is 10.1. The first-order valence-electron chi connectivity index (χ1n) is 5.60. The van der Waals surface area contributed by atoms with E-state index in [0.717, 1.165) is 12.0 Å². The van der Waals surface area contributed by atoms with Gasteiger partial charge >= 0.3 is 6.03 Å². The Morgan fingerprint density at radius 3 is 2.44 bits per heavy atom. The van der Waals surface area contributed by atoms with Crippen LogP contribution in [0.2, 0.25) is 0 Å². The van der Waals surface area contributed by atoms with Crippen molar-refractivity contribution in [2.24, 2.45) is 11.5 Å². The van der Waals surface area contributed by atoms with Gasteiger partial charge in [-0.1, -0.05) is 19.1 Å². The molecule has 0 bridgehead atoms. The smallest absolute Gasteiger partial charge is 0.318 e. The van der Waals surface area contributed by atoms with E-state index in [-0.39, 0.29) is 12.6 Å². The summed E-state index contributed by atoms with van der Waals surface area (Å²) in [6.07, 6.45) is 0.848. The molecule has 0 saturated heterocycles. The molecule has 0 fully saturated rings. The van der Waals surface area contributed by atoms with Gasteiger partial charge < -0.3 is 16.2 Å². The van der Waals surface area contributed by atoms with Crippen molar-refractivity contribution in [1.29, 1.82) is 0 Å². The highest BCUT2D eigenvalue weighted by atomic mass is 16.5. The SMILES string of the molecule is CCC(N)c1ccc(OCC(=O)NC(N)=O)cc1. The third-order valence-corrected chi connectivity index (χ3v) is 2.38. The molecule has 6 nitrogen and oxygen atoms in total. The van der Waals surface area contributed by atoms with Crippen LogP contribution in [0.3, 0.4) is 0 Å². The van der Waals surface area contributed by atoms with Gasteiger partial charge in [0.1, 0.15) is 5.75 Å². The summed E-state index contributed by atoms with van der Waals surface area (Å²) >= 11 is 0. The Morgan fingerprint density at radius 2 is 1.94 bits per heavy atom. The molecule has 1 aromatic carbocycles. The van der Waals surface area contributed by atoms with Gasteiger partial charge in [-0.2, -0.15) is 0 Å². The number of hydrogen-bond acceptors (Lipinski definition) is 4. The van der Waals surface area contributed by atoms with Crippen molar-refractivity contribution in [1.82, 2.24) is 5.32 Å². The summed E-state index contributed by atoms with van der Waals surface area (Å²) < 4.78 is 5.18. The number of carbonyl (C=O) groups is 2. The maximum Gasteiger partial charge on any atom is 0.318 e. The predicted octanol–water partition coefficient (Wildman–Crippen LogP) is 0.670. The number of carbonyl (C=O) groups excluding carboxylic acids is 2. The predicted molar refractivity (Wildman–Crippen MR) is 66.9 cm³/mol. The quantitative estimate of drug-likeness (QED) is 0.714. The van der Waals surface area contributed by atoms with Gasteiger partial charge in [-0.3, -0.25) is 10.1 Å². The van der Waals surface area contributed by atoms with Gasteiger partial charge in [-0.05, 0) is 24.1 Å². The summed E-state index contributed by atoms with van der Waals surface area (Å²) in [5.74, 6) is -0.0569. The van der Waals surface area contributed by atoms with Crippen LogP contribution in [0, 0.1) is 0 Å². The Balaban J connectivity index is 2.49. The van der Waals surface area contributed by atoms with Crippen LogP contribution in [-0.4, -0.2) is 18.5 Å². The molecule has 0 aliphatic rings. The molecule has 0 heterocycles. The van der Waals surface area contributed by atoms with E-state index >= 15 is 0 Å². The van der Waals surface area contributed by atoms with Crippen LogP contribution in [0.4, 0.5) is 4.79 Å². The van der Waals surface area contributed by atoms with Gasteiger partial charge in [0, 0.05) is 6.04 Å². The maximum atomic E-state index is 11.1. The summed E-state index contributed by atoms with van der Waals surface area (Å²) in [6, 6.07) is 6.24. The van der Waals surface area contributed by atoms with Crippen LogP contribution in [0.15, 0.2) is 24.3 Å². The second-order valence-corrected chi connectivity index (χ2v) is 3.78. The summed E-state index contributed by atoms with van der Waals surface area (Å²) in [6.45, 7) is 1.74. The number of amides is 3. The molecule has 98 valence electrons. The number of primary amides is 1. The number of hydrogen-bond donors (Lipinski definition) is 3. The van der Waals surface area contributed by atoms with Crippen molar-refractivity contribution in [3.05, 3.63) is 29.8 Å². The second-order valence-electron chi connectivity index (χ2n) is 3.78. The molecule has 6 heteroatoms. The topological polar surface area (TPSA) is 107 Å². The first-order valence-corrected chi connectivity index (χ1v) is 5.60. The van der Waals surface area contributed by atoms with Crippen molar-refractivity contribution in [2.75, 3.05) is 6.61 Å². The normalized spacial score (nSPS) is 11.7. The fraction of sp³-hybridized carbons (Fsp3) is 0.333. The number of rotatable bonds is 5. The van der Waals surface area contributed by atoms with Crippen molar-refractivity contribution in [3.63, 3.8) is 0 Å². The van der Waals surface area contributed by atoms with E-state index < -0.39 is 11.9 Å². The summed E-state index contributed by atoms with van der Waals surface area (Å²) in [7, 11) is 0. The molecule has 0 aliphatic heterocycles. The number of urea groups is 1. The Bertz CT molecular complexity index is 417. The molecule has 3 amide bonds. The minimum atomic E-state index is -0.895. The van der Waals surface area contributed by atoms with Gasteiger partial charge in [0.15, 0.2) is 6.61 Å². The van der Waals surface area contributed by atoms with Crippen LogP contribution >= 0.6 is 0 Å². The molecule has 1 rings (SSSR count). The van der Waals surface area contributed by atoms with Crippen LogP contribution in [-0.2, 0) is 4.79 Å². The molecule has 0 saturated carbocycles. The highest BCUT2D eigenvalue weighted by Crippen LogP contribution is 2.18. The summed E-state index contributed by atoms with van der Waals surface area (Å²) in [5.41, 5.74) is 11.7. The third kappa shape index (κ3) is 4.42. The van der Waals surface area contributed by atoms with Crippen LogP contribution in [0.25, 0.3) is 0 Å². The van der Waals surface area contributed by atoms with Gasteiger partial charge in [-0.25, -0.2) is 4.79 Å². The fourth-order valence-corrected chi connectivity index (χ4v) is 1.37. The van der Waals surface area contributed by atoms with Crippen LogP contribution in [0.1, 0.15) is 24.9 Å². The monoisotopic (exact) mass is 251 g/mol. The lowest BCUT2D eigenvalue weighted by molar-refractivity contribution is -0.121. The lowest BCUT2D eigenvalue weighted by Gasteiger charge is -2.10. The minimum absolute atomic E-state index is 0.00258. The van der Waals surface area contributed by atoms with E-state index in [9.17, 15) is 9.59 Å². The van der Waals surface area contributed by atoms with Crippen molar-refractivity contribution >= 4 is 11.9 Å². The van der Waals surface area contributed by atoms with E-state index in [1.807, 2.05) is 24.4 Å². The molecule has 0 spiro atoms. The number of imide groups is 1. The van der Waals surface area contributed by atoms with Gasteiger partial charge in [0.2, 0.25) is 0 Å². The van der Waals surface area contributed by atoms with E-state index in [2.05, 4.69) is 0 Å². The standard InChI is InChI=1S/C12H17N3O3/c1-2-10(13)8-3-5-9(6-4-8)18-7-11(16)15-12(14)17/h3-6,10H,2,7,13H2,1H3,(H3,14,15,16,17). The average molecular weight is 251 g/mol. The van der Waals surface area contributed by atoms with Gasteiger partial charge in [-0.15, -0.1) is 0 Å². The molecule has 0 aliphatic carbocycles. The molecule has 1 aromatic rings. The molecular formula is C12H17N3O3. The van der Waals surface area contributed by atoms with Crippen LogP contribution < -0.4 is 21.5 Å². The highest BCUT2D eigenvalue weighted by Gasteiger charge is 2.06. The number of ether oxygens (including phenoxy) is 1. The molecule has 18 heavy (non-hydrogen) atoms. The molecule has 5 N–H and O–H groups in total. The number of benzene rings is 1.